The number of aryl methyl sites for hydroxylation is 1. The molecular weight excluding hydrogens is 206 g/mol. The van der Waals surface area contributed by atoms with Gasteiger partial charge in [-0.05, 0) is 30.5 Å². The van der Waals surface area contributed by atoms with Crippen molar-refractivity contribution in [3.63, 3.8) is 0 Å². The highest BCUT2D eigenvalue weighted by Crippen LogP contribution is 2.29. The summed E-state index contributed by atoms with van der Waals surface area (Å²) in [6.45, 7) is 4.34. The second-order valence-corrected chi connectivity index (χ2v) is 4.79. The lowest BCUT2D eigenvalue weighted by atomic mass is 10.1. The van der Waals surface area contributed by atoms with Crippen molar-refractivity contribution in [1.82, 2.24) is 0 Å². The van der Waals surface area contributed by atoms with Crippen LogP contribution in [0.4, 0.5) is 5.69 Å². The molecule has 0 aromatic heterocycles. The molecule has 1 nitrogen and oxygen atoms in total. The van der Waals surface area contributed by atoms with Gasteiger partial charge < -0.3 is 4.90 Å². The quantitative estimate of drug-likeness (QED) is 0.752. The molecule has 1 aliphatic rings. The highest BCUT2D eigenvalue weighted by molar-refractivity contribution is 5.59. The van der Waals surface area contributed by atoms with E-state index in [0.29, 0.717) is 0 Å². The van der Waals surface area contributed by atoms with Crippen LogP contribution < -0.4 is 4.90 Å². The SMILES string of the molecule is Cc1ccc2c(c1)CCN2Cc1ccccc1. The van der Waals surface area contributed by atoms with E-state index >= 15 is 0 Å². The van der Waals surface area contributed by atoms with Crippen molar-refractivity contribution in [3.05, 3.63) is 65.2 Å². The number of rotatable bonds is 2. The van der Waals surface area contributed by atoms with Crippen molar-refractivity contribution in [2.75, 3.05) is 11.4 Å². The standard InChI is InChI=1S/C16H17N/c1-13-7-8-16-15(11-13)9-10-17(16)12-14-5-3-2-4-6-14/h2-8,11H,9-10,12H2,1H3. The highest BCUT2D eigenvalue weighted by Gasteiger charge is 2.18. The Balaban J connectivity index is 1.85. The summed E-state index contributed by atoms with van der Waals surface area (Å²) in [6.07, 6.45) is 1.18. The van der Waals surface area contributed by atoms with Crippen LogP contribution in [0.5, 0.6) is 0 Å². The second-order valence-electron chi connectivity index (χ2n) is 4.79. The molecule has 2 aromatic carbocycles. The molecule has 0 aliphatic carbocycles. The number of anilines is 1. The minimum Gasteiger partial charge on any atom is -0.367 e. The van der Waals surface area contributed by atoms with Crippen molar-refractivity contribution >= 4 is 5.69 Å². The molecule has 1 aliphatic heterocycles. The van der Waals surface area contributed by atoms with E-state index < -0.39 is 0 Å². The third-order valence-corrected chi connectivity index (χ3v) is 3.44. The van der Waals surface area contributed by atoms with Gasteiger partial charge in [-0.25, -0.2) is 0 Å². The summed E-state index contributed by atoms with van der Waals surface area (Å²) in [7, 11) is 0. The van der Waals surface area contributed by atoms with Crippen LogP contribution in [-0.4, -0.2) is 6.54 Å². The molecule has 0 spiro atoms. The molecule has 17 heavy (non-hydrogen) atoms. The average molecular weight is 223 g/mol. The lowest BCUT2D eigenvalue weighted by molar-refractivity contribution is 0.836. The molecule has 0 bridgehead atoms. The zero-order chi connectivity index (χ0) is 11.7. The minimum absolute atomic E-state index is 1.02. The van der Waals surface area contributed by atoms with Gasteiger partial charge in [0, 0.05) is 18.8 Å². The Morgan fingerprint density at radius 3 is 2.71 bits per heavy atom. The third kappa shape index (κ3) is 2.05. The second kappa shape index (κ2) is 4.25. The molecule has 0 saturated carbocycles. The van der Waals surface area contributed by atoms with Gasteiger partial charge in [-0.3, -0.25) is 0 Å². The van der Waals surface area contributed by atoms with E-state index in [0.717, 1.165) is 13.1 Å². The van der Waals surface area contributed by atoms with E-state index in [1.54, 1.807) is 0 Å². The molecule has 0 saturated heterocycles. The molecule has 0 N–H and O–H groups in total. The largest absolute Gasteiger partial charge is 0.367 e. The van der Waals surface area contributed by atoms with E-state index in [1.807, 2.05) is 0 Å². The van der Waals surface area contributed by atoms with Gasteiger partial charge >= 0.3 is 0 Å². The molecule has 0 radical (unpaired) electrons. The van der Waals surface area contributed by atoms with E-state index in [-0.39, 0.29) is 0 Å². The first kappa shape index (κ1) is 10.4. The maximum absolute atomic E-state index is 2.48. The third-order valence-electron chi connectivity index (χ3n) is 3.44. The topological polar surface area (TPSA) is 3.24 Å². The van der Waals surface area contributed by atoms with Crippen LogP contribution in [-0.2, 0) is 13.0 Å². The summed E-state index contributed by atoms with van der Waals surface area (Å²) in [6, 6.07) is 17.5. The predicted molar refractivity (Wildman–Crippen MR) is 72.4 cm³/mol. The Bertz CT molecular complexity index is 516. The summed E-state index contributed by atoms with van der Waals surface area (Å²) >= 11 is 0. The van der Waals surface area contributed by atoms with Gasteiger partial charge in [-0.15, -0.1) is 0 Å². The average Bonchev–Trinajstić information content (AvgIpc) is 2.73. The van der Waals surface area contributed by atoms with E-state index in [9.17, 15) is 0 Å². The first-order valence-electron chi connectivity index (χ1n) is 6.21. The van der Waals surface area contributed by atoms with E-state index in [4.69, 9.17) is 0 Å². The Morgan fingerprint density at radius 1 is 1.06 bits per heavy atom. The Labute approximate surface area is 103 Å². The Morgan fingerprint density at radius 2 is 1.88 bits per heavy atom. The molecule has 3 rings (SSSR count). The Hall–Kier alpha value is -1.76. The number of nitrogens with zero attached hydrogens (tertiary/aromatic N) is 1. The summed E-state index contributed by atoms with van der Waals surface area (Å²) in [4.78, 5) is 2.48. The molecule has 86 valence electrons. The lowest BCUT2D eigenvalue weighted by Crippen LogP contribution is -2.19. The smallest absolute Gasteiger partial charge is 0.0429 e. The lowest BCUT2D eigenvalue weighted by Gasteiger charge is -2.19. The van der Waals surface area contributed by atoms with Gasteiger partial charge in [0.15, 0.2) is 0 Å². The van der Waals surface area contributed by atoms with Gasteiger partial charge in [0.2, 0.25) is 0 Å². The van der Waals surface area contributed by atoms with Crippen LogP contribution in [0.2, 0.25) is 0 Å². The molecule has 0 amide bonds. The van der Waals surface area contributed by atoms with Crippen LogP contribution in [0.3, 0.4) is 0 Å². The maximum Gasteiger partial charge on any atom is 0.0429 e. The summed E-state index contributed by atoms with van der Waals surface area (Å²) in [5.74, 6) is 0. The van der Waals surface area contributed by atoms with Crippen LogP contribution in [0.15, 0.2) is 48.5 Å². The monoisotopic (exact) mass is 223 g/mol. The Kier molecular flexibility index (Phi) is 2.60. The maximum atomic E-state index is 2.48. The van der Waals surface area contributed by atoms with Crippen molar-refractivity contribution in [1.29, 1.82) is 0 Å². The van der Waals surface area contributed by atoms with Crippen molar-refractivity contribution < 1.29 is 0 Å². The zero-order valence-electron chi connectivity index (χ0n) is 10.2. The molecule has 1 heteroatoms. The van der Waals surface area contributed by atoms with Gasteiger partial charge in [0.1, 0.15) is 0 Å². The van der Waals surface area contributed by atoms with Gasteiger partial charge in [0.05, 0.1) is 0 Å². The van der Waals surface area contributed by atoms with Crippen molar-refractivity contribution in [2.45, 2.75) is 19.9 Å². The van der Waals surface area contributed by atoms with Gasteiger partial charge in [-0.1, -0.05) is 48.0 Å². The fraction of sp³-hybridized carbons (Fsp3) is 0.250. The van der Waals surface area contributed by atoms with Crippen LogP contribution >= 0.6 is 0 Å². The first-order valence-corrected chi connectivity index (χ1v) is 6.21. The van der Waals surface area contributed by atoms with Gasteiger partial charge in [0.25, 0.3) is 0 Å². The van der Waals surface area contributed by atoms with Crippen LogP contribution in [0.1, 0.15) is 16.7 Å². The summed E-state index contributed by atoms with van der Waals surface area (Å²) in [5.41, 5.74) is 5.67. The number of fused-ring (bicyclic) bond motifs is 1. The molecule has 1 heterocycles. The molecule has 0 unspecified atom stereocenters. The minimum atomic E-state index is 1.02. The number of benzene rings is 2. The summed E-state index contributed by atoms with van der Waals surface area (Å²) < 4.78 is 0. The zero-order valence-corrected chi connectivity index (χ0v) is 10.2. The predicted octanol–water partition coefficient (Wildman–Crippen LogP) is 3.56. The van der Waals surface area contributed by atoms with Crippen molar-refractivity contribution in [2.24, 2.45) is 0 Å². The van der Waals surface area contributed by atoms with Crippen LogP contribution in [0.25, 0.3) is 0 Å². The molecule has 2 aromatic rings. The number of hydrogen-bond donors (Lipinski definition) is 0. The highest BCUT2D eigenvalue weighted by atomic mass is 15.1. The van der Waals surface area contributed by atoms with E-state index in [2.05, 4.69) is 60.4 Å². The molecular formula is C16H17N. The van der Waals surface area contributed by atoms with E-state index in [1.165, 1.54) is 28.8 Å². The fourth-order valence-corrected chi connectivity index (χ4v) is 2.57. The summed E-state index contributed by atoms with van der Waals surface area (Å²) in [5, 5.41) is 0. The van der Waals surface area contributed by atoms with Gasteiger partial charge in [-0.2, -0.15) is 0 Å². The normalized spacial score (nSPS) is 13.8. The van der Waals surface area contributed by atoms with Crippen LogP contribution in [0, 0.1) is 6.92 Å². The fourth-order valence-electron chi connectivity index (χ4n) is 2.57. The molecule has 0 fully saturated rings. The molecule has 0 atom stereocenters. The van der Waals surface area contributed by atoms with Crippen molar-refractivity contribution in [3.8, 4) is 0 Å². The first-order chi connectivity index (χ1) is 8.33. The number of hydrogen-bond acceptors (Lipinski definition) is 1.